The Hall–Kier alpha value is -0.620. The summed E-state index contributed by atoms with van der Waals surface area (Å²) >= 11 is 0. The van der Waals surface area contributed by atoms with E-state index in [-0.39, 0.29) is 19.0 Å². The Bertz CT molecular complexity index is 446. The molecule has 16 heavy (non-hydrogen) atoms. The van der Waals surface area contributed by atoms with E-state index in [2.05, 4.69) is 4.72 Å². The van der Waals surface area contributed by atoms with Crippen LogP contribution >= 0.6 is 12.4 Å². The first-order valence-corrected chi connectivity index (χ1v) is 6.22. The molecule has 0 heterocycles. The zero-order valence-electron chi connectivity index (χ0n) is 9.36. The smallest absolute Gasteiger partial charge is 0.240 e. The largest absolute Gasteiger partial charge is 0.329 e. The molecule has 0 atom stereocenters. The lowest BCUT2D eigenvalue weighted by atomic mass is 10.2. The van der Waals surface area contributed by atoms with Gasteiger partial charge in [-0.3, -0.25) is 0 Å². The van der Waals surface area contributed by atoms with Gasteiger partial charge in [0.1, 0.15) is 0 Å². The molecular weight excluding hydrogens is 248 g/mol. The van der Waals surface area contributed by atoms with Gasteiger partial charge in [0, 0.05) is 13.1 Å². The van der Waals surface area contributed by atoms with Crippen molar-refractivity contribution in [3.8, 4) is 0 Å². The molecule has 0 radical (unpaired) electrons. The Morgan fingerprint density at radius 3 is 2.50 bits per heavy atom. The SMILES string of the molecule is Cc1ccc(C)c(S(=O)(=O)NCCN)c1.Cl. The minimum Gasteiger partial charge on any atom is -0.329 e. The number of benzene rings is 1. The van der Waals surface area contributed by atoms with Crippen LogP contribution in [0.2, 0.25) is 0 Å². The number of nitrogens with two attached hydrogens (primary N) is 1. The highest BCUT2D eigenvalue weighted by molar-refractivity contribution is 7.89. The molecule has 4 nitrogen and oxygen atoms in total. The molecule has 0 fully saturated rings. The van der Waals surface area contributed by atoms with Gasteiger partial charge in [0.25, 0.3) is 0 Å². The van der Waals surface area contributed by atoms with E-state index in [0.29, 0.717) is 11.4 Å². The van der Waals surface area contributed by atoms with Gasteiger partial charge in [-0.15, -0.1) is 12.4 Å². The fourth-order valence-electron chi connectivity index (χ4n) is 1.27. The Kier molecular flexibility index (Phi) is 5.96. The molecule has 1 aromatic carbocycles. The van der Waals surface area contributed by atoms with Gasteiger partial charge in [-0.25, -0.2) is 13.1 Å². The third-order valence-corrected chi connectivity index (χ3v) is 3.67. The standard InChI is InChI=1S/C10H16N2O2S.ClH/c1-8-3-4-9(2)10(7-8)15(13,14)12-6-5-11;/h3-4,7,12H,5-6,11H2,1-2H3;1H. The van der Waals surface area contributed by atoms with Gasteiger partial charge in [0.2, 0.25) is 10.0 Å². The Morgan fingerprint density at radius 1 is 1.31 bits per heavy atom. The van der Waals surface area contributed by atoms with Crippen LogP contribution in [0.3, 0.4) is 0 Å². The number of rotatable bonds is 4. The first kappa shape index (κ1) is 15.4. The summed E-state index contributed by atoms with van der Waals surface area (Å²) in [6.07, 6.45) is 0. The van der Waals surface area contributed by atoms with Crippen molar-refractivity contribution < 1.29 is 8.42 Å². The molecule has 0 saturated carbocycles. The molecule has 6 heteroatoms. The topological polar surface area (TPSA) is 72.2 Å². The number of nitrogens with one attached hydrogen (secondary N) is 1. The summed E-state index contributed by atoms with van der Waals surface area (Å²) in [7, 11) is -3.41. The molecule has 3 N–H and O–H groups in total. The van der Waals surface area contributed by atoms with Crippen LogP contribution in [0.5, 0.6) is 0 Å². The number of hydrogen-bond acceptors (Lipinski definition) is 3. The summed E-state index contributed by atoms with van der Waals surface area (Å²) in [6.45, 7) is 4.19. The predicted molar refractivity (Wildman–Crippen MR) is 67.4 cm³/mol. The van der Waals surface area contributed by atoms with E-state index < -0.39 is 10.0 Å². The molecule has 0 bridgehead atoms. The van der Waals surface area contributed by atoms with Gasteiger partial charge in [0.15, 0.2) is 0 Å². The average molecular weight is 265 g/mol. The molecule has 92 valence electrons. The van der Waals surface area contributed by atoms with Crippen molar-refractivity contribution in [1.82, 2.24) is 4.72 Å². The molecule has 0 saturated heterocycles. The number of halogens is 1. The lowest BCUT2D eigenvalue weighted by Crippen LogP contribution is -2.29. The molecule has 1 rings (SSSR count). The lowest BCUT2D eigenvalue weighted by molar-refractivity contribution is 0.581. The maximum atomic E-state index is 11.8. The van der Waals surface area contributed by atoms with Gasteiger partial charge in [-0.05, 0) is 31.0 Å². The average Bonchev–Trinajstić information content (AvgIpc) is 2.18. The molecule has 0 aliphatic rings. The molecule has 1 aromatic rings. The lowest BCUT2D eigenvalue weighted by Gasteiger charge is -2.09. The third-order valence-electron chi connectivity index (χ3n) is 2.07. The van der Waals surface area contributed by atoms with E-state index in [4.69, 9.17) is 5.73 Å². The van der Waals surface area contributed by atoms with Gasteiger partial charge >= 0.3 is 0 Å². The van der Waals surface area contributed by atoms with Gasteiger partial charge in [-0.2, -0.15) is 0 Å². The fourth-order valence-corrected chi connectivity index (χ4v) is 2.64. The molecular formula is C10H17ClN2O2S. The van der Waals surface area contributed by atoms with Crippen molar-refractivity contribution in [3.05, 3.63) is 29.3 Å². The minimum absolute atomic E-state index is 0. The first-order chi connectivity index (χ1) is 6.97. The van der Waals surface area contributed by atoms with Crippen LogP contribution in [-0.2, 0) is 10.0 Å². The maximum absolute atomic E-state index is 11.8. The summed E-state index contributed by atoms with van der Waals surface area (Å²) in [5.41, 5.74) is 6.92. The summed E-state index contributed by atoms with van der Waals surface area (Å²) in [5, 5.41) is 0. The van der Waals surface area contributed by atoms with Crippen molar-refractivity contribution in [2.24, 2.45) is 5.73 Å². The van der Waals surface area contributed by atoms with Crippen molar-refractivity contribution in [1.29, 1.82) is 0 Å². The van der Waals surface area contributed by atoms with Crippen LogP contribution in [-0.4, -0.2) is 21.5 Å². The molecule has 0 unspecified atom stereocenters. The summed E-state index contributed by atoms with van der Waals surface area (Å²) in [6, 6.07) is 5.35. The highest BCUT2D eigenvalue weighted by Gasteiger charge is 2.15. The van der Waals surface area contributed by atoms with Crippen LogP contribution in [0.1, 0.15) is 11.1 Å². The van der Waals surface area contributed by atoms with E-state index in [1.165, 1.54) is 0 Å². The van der Waals surface area contributed by atoms with E-state index in [1.807, 2.05) is 13.0 Å². The number of sulfonamides is 1. The third kappa shape index (κ3) is 3.75. The van der Waals surface area contributed by atoms with Gasteiger partial charge in [-0.1, -0.05) is 12.1 Å². The van der Waals surface area contributed by atoms with E-state index in [1.54, 1.807) is 19.1 Å². The van der Waals surface area contributed by atoms with E-state index in [9.17, 15) is 8.42 Å². The Balaban J connectivity index is 0.00000225. The highest BCUT2D eigenvalue weighted by Crippen LogP contribution is 2.16. The van der Waals surface area contributed by atoms with Crippen molar-refractivity contribution in [2.75, 3.05) is 13.1 Å². The first-order valence-electron chi connectivity index (χ1n) is 4.74. The predicted octanol–water partition coefficient (Wildman–Crippen LogP) is 0.962. The fraction of sp³-hybridized carbons (Fsp3) is 0.400. The summed E-state index contributed by atoms with van der Waals surface area (Å²) in [5.74, 6) is 0. The quantitative estimate of drug-likeness (QED) is 0.851. The normalized spacial score (nSPS) is 10.9. The van der Waals surface area contributed by atoms with Crippen LogP contribution in [0.25, 0.3) is 0 Å². The Labute approximate surface area is 103 Å². The second kappa shape index (κ2) is 6.20. The van der Waals surface area contributed by atoms with Crippen molar-refractivity contribution in [2.45, 2.75) is 18.7 Å². The minimum atomic E-state index is -3.41. The molecule has 0 amide bonds. The van der Waals surface area contributed by atoms with Crippen molar-refractivity contribution >= 4 is 22.4 Å². The molecule has 0 aliphatic heterocycles. The Morgan fingerprint density at radius 2 is 1.94 bits per heavy atom. The molecule has 0 aliphatic carbocycles. The van der Waals surface area contributed by atoms with E-state index >= 15 is 0 Å². The molecule has 0 aromatic heterocycles. The highest BCUT2D eigenvalue weighted by atomic mass is 35.5. The zero-order chi connectivity index (χ0) is 11.5. The van der Waals surface area contributed by atoms with E-state index in [0.717, 1.165) is 11.1 Å². The number of hydrogen-bond donors (Lipinski definition) is 2. The van der Waals surface area contributed by atoms with Crippen LogP contribution in [0.4, 0.5) is 0 Å². The second-order valence-corrected chi connectivity index (χ2v) is 5.19. The van der Waals surface area contributed by atoms with Gasteiger partial charge in [0.05, 0.1) is 4.90 Å². The van der Waals surface area contributed by atoms with Crippen LogP contribution < -0.4 is 10.5 Å². The molecule has 0 spiro atoms. The van der Waals surface area contributed by atoms with Crippen LogP contribution in [0.15, 0.2) is 23.1 Å². The summed E-state index contributed by atoms with van der Waals surface area (Å²) in [4.78, 5) is 0.330. The zero-order valence-corrected chi connectivity index (χ0v) is 11.0. The van der Waals surface area contributed by atoms with Crippen LogP contribution in [0, 0.1) is 13.8 Å². The number of aryl methyl sites for hydroxylation is 2. The summed E-state index contributed by atoms with van der Waals surface area (Å²) < 4.78 is 26.0. The maximum Gasteiger partial charge on any atom is 0.240 e. The second-order valence-electron chi connectivity index (χ2n) is 3.46. The van der Waals surface area contributed by atoms with Crippen molar-refractivity contribution in [3.63, 3.8) is 0 Å². The monoisotopic (exact) mass is 264 g/mol. The van der Waals surface area contributed by atoms with Gasteiger partial charge < -0.3 is 5.73 Å².